The Labute approximate surface area is 165 Å². The minimum Gasteiger partial charge on any atom is -0.481 e. The molecule has 1 aromatic heterocycles. The Hall–Kier alpha value is -2.88. The Bertz CT molecular complexity index is 984. The van der Waals surface area contributed by atoms with Crippen LogP contribution in [-0.2, 0) is 4.79 Å². The van der Waals surface area contributed by atoms with E-state index in [-0.39, 0.29) is 18.3 Å². The van der Waals surface area contributed by atoms with Crippen molar-refractivity contribution in [3.05, 3.63) is 66.1 Å². The van der Waals surface area contributed by atoms with Gasteiger partial charge in [-0.05, 0) is 62.9 Å². The van der Waals surface area contributed by atoms with Crippen LogP contribution in [0.15, 0.2) is 54.6 Å². The molecule has 1 N–H and O–H groups in total. The summed E-state index contributed by atoms with van der Waals surface area (Å²) in [6.07, 6.45) is 6.80. The molecule has 0 amide bonds. The molecule has 0 spiro atoms. The van der Waals surface area contributed by atoms with Crippen molar-refractivity contribution in [1.82, 2.24) is 4.57 Å². The largest absolute Gasteiger partial charge is 0.481 e. The van der Waals surface area contributed by atoms with Crippen molar-refractivity contribution in [3.63, 3.8) is 0 Å². The van der Waals surface area contributed by atoms with Crippen LogP contribution in [0.3, 0.4) is 0 Å². The molecule has 0 aliphatic heterocycles. The second-order valence-electron chi connectivity index (χ2n) is 7.29. The van der Waals surface area contributed by atoms with Crippen LogP contribution in [0.1, 0.15) is 51.3 Å². The van der Waals surface area contributed by atoms with Gasteiger partial charge >= 0.3 is 5.97 Å². The van der Waals surface area contributed by atoms with Gasteiger partial charge in [0.1, 0.15) is 5.82 Å². The summed E-state index contributed by atoms with van der Waals surface area (Å²) < 4.78 is 15.8. The summed E-state index contributed by atoms with van der Waals surface area (Å²) in [6.45, 7) is 4.32. The molecular formula is C24H26FNO2. The topological polar surface area (TPSA) is 42.2 Å². The zero-order valence-corrected chi connectivity index (χ0v) is 16.4. The summed E-state index contributed by atoms with van der Waals surface area (Å²) in [5, 5.41) is 9.91. The van der Waals surface area contributed by atoms with E-state index in [1.807, 2.05) is 24.3 Å². The number of unbranched alkanes of at least 4 members (excludes halogenated alkanes) is 2. The van der Waals surface area contributed by atoms with Crippen LogP contribution >= 0.6 is 0 Å². The number of nitrogens with zero attached hydrogens (tertiary/aromatic N) is 1. The summed E-state index contributed by atoms with van der Waals surface area (Å²) >= 11 is 0. The van der Waals surface area contributed by atoms with Gasteiger partial charge in [0.15, 0.2) is 0 Å². The smallest absolute Gasteiger partial charge is 0.303 e. The van der Waals surface area contributed by atoms with Crippen molar-refractivity contribution in [3.8, 4) is 11.1 Å². The number of aromatic nitrogens is 1. The molecule has 0 aliphatic carbocycles. The summed E-state index contributed by atoms with van der Waals surface area (Å²) in [5.41, 5.74) is 4.34. The maximum absolute atomic E-state index is 13.5. The van der Waals surface area contributed by atoms with Gasteiger partial charge in [-0.1, -0.05) is 36.4 Å². The van der Waals surface area contributed by atoms with Crippen LogP contribution < -0.4 is 0 Å². The van der Waals surface area contributed by atoms with E-state index in [2.05, 4.69) is 42.7 Å². The number of rotatable bonds is 8. The minimum absolute atomic E-state index is 0.209. The molecule has 4 heteroatoms. The van der Waals surface area contributed by atoms with Gasteiger partial charge in [-0.25, -0.2) is 4.39 Å². The van der Waals surface area contributed by atoms with E-state index in [0.717, 1.165) is 40.6 Å². The van der Waals surface area contributed by atoms with Crippen molar-refractivity contribution in [2.45, 2.75) is 45.6 Å². The molecule has 146 valence electrons. The molecule has 0 unspecified atom stereocenters. The summed E-state index contributed by atoms with van der Waals surface area (Å²) in [7, 11) is 0. The minimum atomic E-state index is -0.748. The molecule has 0 atom stereocenters. The van der Waals surface area contributed by atoms with Gasteiger partial charge in [-0.2, -0.15) is 0 Å². The van der Waals surface area contributed by atoms with E-state index in [4.69, 9.17) is 5.11 Å². The average Bonchev–Trinajstić information content (AvgIpc) is 2.99. The maximum atomic E-state index is 13.5. The number of hydrogen-bond acceptors (Lipinski definition) is 1. The van der Waals surface area contributed by atoms with Crippen LogP contribution in [0.25, 0.3) is 28.1 Å². The number of carboxylic acids is 1. The number of carboxylic acid groups (broad SMARTS) is 1. The van der Waals surface area contributed by atoms with Crippen molar-refractivity contribution in [2.75, 3.05) is 0 Å². The number of aliphatic carboxylic acids is 1. The van der Waals surface area contributed by atoms with Crippen molar-refractivity contribution >= 4 is 22.9 Å². The summed E-state index contributed by atoms with van der Waals surface area (Å²) in [4.78, 5) is 10.6. The highest BCUT2D eigenvalue weighted by Gasteiger charge is 2.18. The van der Waals surface area contributed by atoms with E-state index in [0.29, 0.717) is 6.42 Å². The van der Waals surface area contributed by atoms with Crippen molar-refractivity contribution < 1.29 is 14.3 Å². The first-order valence-corrected chi connectivity index (χ1v) is 9.76. The van der Waals surface area contributed by atoms with Crippen LogP contribution in [0.5, 0.6) is 0 Å². The van der Waals surface area contributed by atoms with Crippen LogP contribution in [0, 0.1) is 5.82 Å². The zero-order valence-electron chi connectivity index (χ0n) is 16.4. The lowest BCUT2D eigenvalue weighted by Gasteiger charge is -2.13. The van der Waals surface area contributed by atoms with Crippen LogP contribution in [0.4, 0.5) is 4.39 Å². The highest BCUT2D eigenvalue weighted by Crippen LogP contribution is 2.37. The predicted molar refractivity (Wildman–Crippen MR) is 113 cm³/mol. The Morgan fingerprint density at radius 3 is 2.50 bits per heavy atom. The summed E-state index contributed by atoms with van der Waals surface area (Å²) in [5.74, 6) is -0.991. The number of benzene rings is 2. The fourth-order valence-electron chi connectivity index (χ4n) is 3.66. The first kappa shape index (κ1) is 19.9. The molecule has 0 bridgehead atoms. The molecule has 0 saturated heterocycles. The standard InChI is InChI=1S/C24H26FNO2/c1-17(2)26-21-10-8-7-9-20(21)24(18-13-15-19(25)16-14-18)22(26)11-5-3-4-6-12-23(27)28/h5,7-11,13-17H,3-4,6,12H2,1-2H3,(H,27,28)/b11-5+. The predicted octanol–water partition coefficient (Wildman–Crippen LogP) is 6.69. The quantitative estimate of drug-likeness (QED) is 0.443. The van der Waals surface area contributed by atoms with Gasteiger partial charge in [0.05, 0.1) is 0 Å². The van der Waals surface area contributed by atoms with Gasteiger partial charge in [-0.3, -0.25) is 4.79 Å². The lowest BCUT2D eigenvalue weighted by molar-refractivity contribution is -0.137. The second kappa shape index (κ2) is 8.87. The Balaban J connectivity index is 2.03. The highest BCUT2D eigenvalue weighted by molar-refractivity contribution is 6.01. The van der Waals surface area contributed by atoms with Crippen LogP contribution in [0.2, 0.25) is 0 Å². The molecule has 3 rings (SSSR count). The average molecular weight is 379 g/mol. The van der Waals surface area contributed by atoms with Crippen molar-refractivity contribution in [2.24, 2.45) is 0 Å². The molecule has 0 saturated carbocycles. The zero-order chi connectivity index (χ0) is 20.1. The number of allylic oxidation sites excluding steroid dienone is 1. The Kier molecular flexibility index (Phi) is 6.30. The number of fused-ring (bicyclic) bond motifs is 1. The molecule has 3 nitrogen and oxygen atoms in total. The van der Waals surface area contributed by atoms with Gasteiger partial charge in [0.2, 0.25) is 0 Å². The highest BCUT2D eigenvalue weighted by atomic mass is 19.1. The molecule has 0 fully saturated rings. The third-order valence-corrected chi connectivity index (χ3v) is 4.89. The molecule has 28 heavy (non-hydrogen) atoms. The van der Waals surface area contributed by atoms with E-state index in [1.165, 1.54) is 12.1 Å². The molecule has 3 aromatic rings. The van der Waals surface area contributed by atoms with Gasteiger partial charge in [-0.15, -0.1) is 0 Å². The Morgan fingerprint density at radius 2 is 1.82 bits per heavy atom. The van der Waals surface area contributed by atoms with E-state index in [9.17, 15) is 9.18 Å². The first-order chi connectivity index (χ1) is 13.5. The van der Waals surface area contributed by atoms with E-state index in [1.54, 1.807) is 0 Å². The normalized spacial score (nSPS) is 11.7. The lowest BCUT2D eigenvalue weighted by atomic mass is 10.0. The number of carbonyl (C=O) groups is 1. The number of halogens is 1. The number of hydrogen-bond donors (Lipinski definition) is 1. The van der Waals surface area contributed by atoms with E-state index < -0.39 is 5.97 Å². The Morgan fingerprint density at radius 1 is 1.11 bits per heavy atom. The van der Waals surface area contributed by atoms with Gasteiger partial charge in [0.25, 0.3) is 0 Å². The van der Waals surface area contributed by atoms with Gasteiger partial charge in [0, 0.05) is 34.6 Å². The fraction of sp³-hybridized carbons (Fsp3) is 0.292. The van der Waals surface area contributed by atoms with E-state index >= 15 is 0 Å². The second-order valence-corrected chi connectivity index (χ2v) is 7.29. The molecular weight excluding hydrogens is 353 g/mol. The summed E-state index contributed by atoms with van der Waals surface area (Å²) in [6, 6.07) is 15.2. The molecule has 0 radical (unpaired) electrons. The maximum Gasteiger partial charge on any atom is 0.303 e. The SMILES string of the molecule is CC(C)n1c(/C=C/CCCCC(=O)O)c(-c2ccc(F)cc2)c2ccccc21. The van der Waals surface area contributed by atoms with Crippen molar-refractivity contribution in [1.29, 1.82) is 0 Å². The third kappa shape index (κ3) is 4.33. The first-order valence-electron chi connectivity index (χ1n) is 9.76. The fourth-order valence-corrected chi connectivity index (χ4v) is 3.66. The number of para-hydroxylation sites is 1. The lowest BCUT2D eigenvalue weighted by Crippen LogP contribution is -2.02. The van der Waals surface area contributed by atoms with Crippen LogP contribution in [-0.4, -0.2) is 15.6 Å². The molecule has 0 aliphatic rings. The molecule has 1 heterocycles. The molecule has 2 aromatic carbocycles. The van der Waals surface area contributed by atoms with Gasteiger partial charge < -0.3 is 9.67 Å². The monoisotopic (exact) mass is 379 g/mol. The third-order valence-electron chi connectivity index (χ3n) is 4.89.